The average Bonchev–Trinajstić information content (AvgIpc) is 3.10. The average molecular weight is 420 g/mol. The minimum absolute atomic E-state index is 0.100. The molecule has 1 amide bonds. The van der Waals surface area contributed by atoms with Crippen LogP contribution in [0, 0.1) is 0 Å². The van der Waals surface area contributed by atoms with Crippen molar-refractivity contribution in [2.45, 2.75) is 30.8 Å². The number of aryl methyl sites for hydroxylation is 1. The van der Waals surface area contributed by atoms with Crippen molar-refractivity contribution >= 4 is 40.7 Å². The number of hydrogen-bond acceptors (Lipinski definition) is 6. The van der Waals surface area contributed by atoms with E-state index in [1.165, 1.54) is 18.9 Å². The van der Waals surface area contributed by atoms with Gasteiger partial charge in [-0.1, -0.05) is 23.4 Å². The number of nitrogens with zero attached hydrogens (tertiary/aromatic N) is 3. The highest BCUT2D eigenvalue weighted by Crippen LogP contribution is 2.28. The quantitative estimate of drug-likeness (QED) is 0.616. The topological polar surface area (TPSA) is 101 Å². The number of ether oxygens (including phenoxy) is 1. The number of methoxy groups -OCH3 is 1. The Bertz CT molecular complexity index is 1110. The Labute approximate surface area is 169 Å². The number of hydrogen-bond donors (Lipinski definition) is 2. The van der Waals surface area contributed by atoms with Gasteiger partial charge in [0.05, 0.1) is 18.6 Å². The minimum Gasteiger partial charge on any atom is -0.495 e. The summed E-state index contributed by atoms with van der Waals surface area (Å²) in [6, 6.07) is 5.02. The lowest BCUT2D eigenvalue weighted by molar-refractivity contribution is -0.113. The van der Waals surface area contributed by atoms with Crippen LogP contribution in [0.1, 0.15) is 24.1 Å². The number of benzene rings is 1. The Hall–Kier alpha value is -2.52. The molecule has 0 atom stereocenters. The van der Waals surface area contributed by atoms with Crippen LogP contribution in [0.25, 0.3) is 5.78 Å². The molecule has 0 bridgehead atoms. The van der Waals surface area contributed by atoms with Gasteiger partial charge in [0.25, 0.3) is 5.56 Å². The molecule has 8 nitrogen and oxygen atoms in total. The first kappa shape index (κ1) is 18.8. The van der Waals surface area contributed by atoms with Gasteiger partial charge in [-0.3, -0.25) is 19.0 Å². The monoisotopic (exact) mass is 419 g/mol. The fourth-order valence-corrected chi connectivity index (χ4v) is 4.27. The number of aromatic nitrogens is 4. The van der Waals surface area contributed by atoms with Crippen molar-refractivity contribution in [2.75, 3.05) is 18.2 Å². The number of carbonyl (C=O) groups is 1. The molecule has 0 radical (unpaired) electrons. The highest BCUT2D eigenvalue weighted by molar-refractivity contribution is 7.99. The van der Waals surface area contributed by atoms with E-state index in [-0.39, 0.29) is 17.2 Å². The van der Waals surface area contributed by atoms with Crippen molar-refractivity contribution in [3.63, 3.8) is 0 Å². The van der Waals surface area contributed by atoms with E-state index in [4.69, 9.17) is 16.3 Å². The zero-order valence-electron chi connectivity index (χ0n) is 15.1. The fourth-order valence-electron chi connectivity index (χ4n) is 3.34. The third kappa shape index (κ3) is 3.59. The summed E-state index contributed by atoms with van der Waals surface area (Å²) in [5.41, 5.74) is 2.13. The zero-order valence-corrected chi connectivity index (χ0v) is 16.7. The van der Waals surface area contributed by atoms with Crippen LogP contribution in [0.4, 0.5) is 5.69 Å². The predicted molar refractivity (Wildman–Crippen MR) is 108 cm³/mol. The summed E-state index contributed by atoms with van der Waals surface area (Å²) in [4.78, 5) is 27.4. The SMILES string of the molecule is COc1ccc(Cl)cc1NC(=O)CSc1nnc2[nH]c(=O)c3c(n12)CCCC3. The summed E-state index contributed by atoms with van der Waals surface area (Å²) in [6.07, 6.45) is 3.56. The Morgan fingerprint density at radius 3 is 3.00 bits per heavy atom. The lowest BCUT2D eigenvalue weighted by Gasteiger charge is -2.16. The number of rotatable bonds is 5. The summed E-state index contributed by atoms with van der Waals surface area (Å²) in [7, 11) is 1.53. The van der Waals surface area contributed by atoms with Crippen molar-refractivity contribution in [1.29, 1.82) is 0 Å². The van der Waals surface area contributed by atoms with Crippen molar-refractivity contribution in [1.82, 2.24) is 19.6 Å². The van der Waals surface area contributed by atoms with Crippen LogP contribution in [0.15, 0.2) is 28.2 Å². The number of fused-ring (bicyclic) bond motifs is 3. The van der Waals surface area contributed by atoms with Crippen molar-refractivity contribution < 1.29 is 9.53 Å². The second-order valence-corrected chi connectivity index (χ2v) is 7.79. The van der Waals surface area contributed by atoms with E-state index in [0.717, 1.165) is 36.9 Å². The van der Waals surface area contributed by atoms with Gasteiger partial charge in [-0.15, -0.1) is 10.2 Å². The van der Waals surface area contributed by atoms with Crippen LogP contribution in [0.5, 0.6) is 5.75 Å². The molecular formula is C18H18ClN5O3S. The molecule has 0 spiro atoms. The molecule has 0 fully saturated rings. The van der Waals surface area contributed by atoms with Gasteiger partial charge >= 0.3 is 0 Å². The van der Waals surface area contributed by atoms with Gasteiger partial charge in [-0.25, -0.2) is 0 Å². The maximum atomic E-state index is 12.4. The van der Waals surface area contributed by atoms with E-state index in [1.54, 1.807) is 18.2 Å². The van der Waals surface area contributed by atoms with Crippen LogP contribution in [-0.2, 0) is 17.6 Å². The number of carbonyl (C=O) groups excluding carboxylic acids is 1. The van der Waals surface area contributed by atoms with E-state index in [1.807, 2.05) is 4.40 Å². The molecule has 3 aromatic rings. The molecular weight excluding hydrogens is 402 g/mol. The maximum Gasteiger partial charge on any atom is 0.255 e. The highest BCUT2D eigenvalue weighted by Gasteiger charge is 2.21. The third-order valence-electron chi connectivity index (χ3n) is 4.61. The largest absolute Gasteiger partial charge is 0.495 e. The lowest BCUT2D eigenvalue weighted by Crippen LogP contribution is -2.23. The molecule has 2 N–H and O–H groups in total. The van der Waals surface area contributed by atoms with Crippen LogP contribution in [0.2, 0.25) is 5.02 Å². The Kier molecular flexibility index (Phi) is 5.27. The first-order chi connectivity index (χ1) is 13.6. The van der Waals surface area contributed by atoms with Gasteiger partial charge in [0.2, 0.25) is 11.7 Å². The second kappa shape index (κ2) is 7.84. The number of anilines is 1. The molecule has 4 rings (SSSR count). The van der Waals surface area contributed by atoms with Gasteiger partial charge in [-0.2, -0.15) is 0 Å². The zero-order chi connectivity index (χ0) is 19.7. The molecule has 1 aliphatic carbocycles. The summed E-state index contributed by atoms with van der Waals surface area (Å²) in [6.45, 7) is 0. The summed E-state index contributed by atoms with van der Waals surface area (Å²) in [5, 5.41) is 12.1. The number of amides is 1. The van der Waals surface area contributed by atoms with Gasteiger partial charge in [-0.05, 0) is 43.9 Å². The lowest BCUT2D eigenvalue weighted by atomic mass is 9.97. The van der Waals surface area contributed by atoms with Crippen LogP contribution in [0.3, 0.4) is 0 Å². The van der Waals surface area contributed by atoms with Gasteiger partial charge in [0.1, 0.15) is 5.75 Å². The highest BCUT2D eigenvalue weighted by atomic mass is 35.5. The van der Waals surface area contributed by atoms with Crippen molar-refractivity contribution in [3.8, 4) is 5.75 Å². The number of nitrogens with one attached hydrogen (secondary N) is 2. The van der Waals surface area contributed by atoms with Crippen LogP contribution in [-0.4, -0.2) is 38.4 Å². The maximum absolute atomic E-state index is 12.4. The number of halogens is 1. The predicted octanol–water partition coefficient (Wildman–Crippen LogP) is 2.69. The van der Waals surface area contributed by atoms with E-state index in [0.29, 0.717) is 27.4 Å². The normalized spacial score (nSPS) is 13.4. The molecule has 0 aliphatic heterocycles. The summed E-state index contributed by atoms with van der Waals surface area (Å²) >= 11 is 7.26. The fraction of sp³-hybridized carbons (Fsp3) is 0.333. The molecule has 2 aromatic heterocycles. The van der Waals surface area contributed by atoms with E-state index in [2.05, 4.69) is 20.5 Å². The van der Waals surface area contributed by atoms with E-state index < -0.39 is 0 Å². The second-order valence-electron chi connectivity index (χ2n) is 6.41. The smallest absolute Gasteiger partial charge is 0.255 e. The summed E-state index contributed by atoms with van der Waals surface area (Å²) in [5.74, 6) is 0.845. The van der Waals surface area contributed by atoms with Gasteiger partial charge < -0.3 is 10.1 Å². The Balaban J connectivity index is 1.54. The van der Waals surface area contributed by atoms with Crippen molar-refractivity contribution in [2.24, 2.45) is 0 Å². The minimum atomic E-state index is -0.222. The molecule has 0 saturated carbocycles. The first-order valence-corrected chi connectivity index (χ1v) is 10.2. The Morgan fingerprint density at radius 2 is 2.18 bits per heavy atom. The van der Waals surface area contributed by atoms with Crippen LogP contribution >= 0.6 is 23.4 Å². The molecule has 0 unspecified atom stereocenters. The summed E-state index contributed by atoms with van der Waals surface area (Å²) < 4.78 is 7.10. The molecule has 28 heavy (non-hydrogen) atoms. The third-order valence-corrected chi connectivity index (χ3v) is 5.77. The number of aromatic amines is 1. The van der Waals surface area contributed by atoms with Crippen molar-refractivity contribution in [3.05, 3.63) is 44.8 Å². The van der Waals surface area contributed by atoms with Crippen LogP contribution < -0.4 is 15.6 Å². The molecule has 0 saturated heterocycles. The van der Waals surface area contributed by atoms with E-state index >= 15 is 0 Å². The van der Waals surface area contributed by atoms with E-state index in [9.17, 15) is 9.59 Å². The Morgan fingerprint density at radius 1 is 1.36 bits per heavy atom. The molecule has 1 aromatic carbocycles. The first-order valence-electron chi connectivity index (χ1n) is 8.82. The molecule has 2 heterocycles. The van der Waals surface area contributed by atoms with Gasteiger partial charge in [0, 0.05) is 16.3 Å². The standard InChI is InChI=1S/C18H18ClN5O3S/c1-27-14-7-6-10(19)8-12(14)20-15(25)9-28-18-23-22-17-21-16(26)11-4-2-3-5-13(11)24(17)18/h6-8H,2-5,9H2,1H3,(H,20,25)(H,21,22,26). The molecule has 1 aliphatic rings. The number of thioether (sulfide) groups is 1. The number of H-pyrrole nitrogens is 1. The molecule has 10 heteroatoms. The molecule has 146 valence electrons. The van der Waals surface area contributed by atoms with Gasteiger partial charge in [0.15, 0.2) is 5.16 Å².